The molecule has 0 aromatic heterocycles. The molecule has 2 rings (SSSR count). The fourth-order valence-electron chi connectivity index (χ4n) is 2.23. The largest absolute Gasteiger partial charge is 0.493 e. The predicted octanol–water partition coefficient (Wildman–Crippen LogP) is 3.86. The molecule has 1 amide bonds. The molecule has 0 aliphatic heterocycles. The van der Waals surface area contributed by atoms with Gasteiger partial charge in [-0.2, -0.15) is 8.42 Å². The van der Waals surface area contributed by atoms with Crippen LogP contribution in [-0.4, -0.2) is 27.2 Å². The number of anilines is 1. The van der Waals surface area contributed by atoms with Crippen molar-refractivity contribution in [1.82, 2.24) is 0 Å². The number of methoxy groups -OCH3 is 1. The van der Waals surface area contributed by atoms with Gasteiger partial charge in [0.25, 0.3) is 0 Å². The topological polar surface area (TPSA) is 81.7 Å². The van der Waals surface area contributed by atoms with E-state index in [1.165, 1.54) is 19.3 Å². The van der Waals surface area contributed by atoms with E-state index in [1.54, 1.807) is 30.3 Å². The van der Waals surface area contributed by atoms with Crippen LogP contribution in [0.1, 0.15) is 25.3 Å². The number of rotatable bonds is 9. The summed E-state index contributed by atoms with van der Waals surface area (Å²) in [5, 5.41) is 2.74. The molecule has 2 aromatic rings. The van der Waals surface area contributed by atoms with Crippen molar-refractivity contribution in [3.63, 3.8) is 0 Å². The van der Waals surface area contributed by atoms with Crippen LogP contribution in [0.3, 0.4) is 0 Å². The van der Waals surface area contributed by atoms with E-state index in [0.29, 0.717) is 17.7 Å². The molecular formula is C20H23NO5S. The lowest BCUT2D eigenvalue weighted by atomic mass is 10.2. The van der Waals surface area contributed by atoms with Crippen molar-refractivity contribution in [1.29, 1.82) is 0 Å². The van der Waals surface area contributed by atoms with Gasteiger partial charge in [-0.1, -0.05) is 37.6 Å². The van der Waals surface area contributed by atoms with Gasteiger partial charge in [0.2, 0.25) is 5.91 Å². The maximum Gasteiger partial charge on any atom is 0.309 e. The Labute approximate surface area is 159 Å². The summed E-state index contributed by atoms with van der Waals surface area (Å²) < 4.78 is 34.3. The molecule has 0 unspecified atom stereocenters. The normalized spacial score (nSPS) is 11.3. The molecule has 0 radical (unpaired) electrons. The van der Waals surface area contributed by atoms with Crippen LogP contribution in [-0.2, 0) is 14.9 Å². The highest BCUT2D eigenvalue weighted by atomic mass is 32.2. The molecule has 0 aliphatic carbocycles. The van der Waals surface area contributed by atoms with Crippen LogP contribution in [0.2, 0.25) is 0 Å². The van der Waals surface area contributed by atoms with E-state index in [1.807, 2.05) is 25.1 Å². The second-order valence-corrected chi connectivity index (χ2v) is 7.49. The molecule has 144 valence electrons. The van der Waals surface area contributed by atoms with Crippen molar-refractivity contribution >= 4 is 27.8 Å². The summed E-state index contributed by atoms with van der Waals surface area (Å²) in [7, 11) is -2.24. The van der Waals surface area contributed by atoms with Gasteiger partial charge in [0, 0.05) is 11.8 Å². The van der Waals surface area contributed by atoms with Crippen molar-refractivity contribution in [2.45, 2.75) is 19.8 Å². The minimum atomic E-state index is -3.66. The van der Waals surface area contributed by atoms with Gasteiger partial charge in [0.15, 0.2) is 11.5 Å². The number of amides is 1. The SMILES string of the molecule is CCCCS(=O)(=O)Oc1ccc(/C=C/C(=O)Nc2ccccc2)cc1OC. The third kappa shape index (κ3) is 6.79. The van der Waals surface area contributed by atoms with Gasteiger partial charge in [-0.3, -0.25) is 4.79 Å². The number of unbranched alkanes of at least 4 members (excludes halogenated alkanes) is 1. The summed E-state index contributed by atoms with van der Waals surface area (Å²) in [4.78, 5) is 12.0. The number of nitrogens with one attached hydrogen (secondary N) is 1. The van der Waals surface area contributed by atoms with E-state index in [2.05, 4.69) is 5.32 Å². The quantitative estimate of drug-likeness (QED) is 0.520. The lowest BCUT2D eigenvalue weighted by Gasteiger charge is -2.11. The first kappa shape index (κ1) is 20.5. The smallest absolute Gasteiger partial charge is 0.309 e. The average molecular weight is 389 g/mol. The van der Waals surface area contributed by atoms with E-state index in [-0.39, 0.29) is 23.2 Å². The Bertz CT molecular complexity index is 892. The summed E-state index contributed by atoms with van der Waals surface area (Å²) >= 11 is 0. The first-order valence-corrected chi connectivity index (χ1v) is 10.2. The van der Waals surface area contributed by atoms with Gasteiger partial charge in [-0.25, -0.2) is 0 Å². The highest BCUT2D eigenvalue weighted by Crippen LogP contribution is 2.30. The second-order valence-electron chi connectivity index (χ2n) is 5.80. The van der Waals surface area contributed by atoms with Crippen LogP contribution >= 0.6 is 0 Å². The van der Waals surface area contributed by atoms with Crippen LogP contribution in [0.4, 0.5) is 5.69 Å². The van der Waals surface area contributed by atoms with Crippen LogP contribution in [0.15, 0.2) is 54.6 Å². The Morgan fingerprint density at radius 1 is 1.11 bits per heavy atom. The molecule has 2 aromatic carbocycles. The Morgan fingerprint density at radius 2 is 1.85 bits per heavy atom. The van der Waals surface area contributed by atoms with Gasteiger partial charge in [0.05, 0.1) is 12.9 Å². The Kier molecular flexibility index (Phi) is 7.43. The molecule has 0 spiro atoms. The van der Waals surface area contributed by atoms with E-state index in [4.69, 9.17) is 8.92 Å². The number of hydrogen-bond acceptors (Lipinski definition) is 5. The minimum absolute atomic E-state index is 0.0477. The first-order chi connectivity index (χ1) is 12.9. The van der Waals surface area contributed by atoms with E-state index in [9.17, 15) is 13.2 Å². The number of para-hydroxylation sites is 1. The second kappa shape index (κ2) is 9.78. The van der Waals surface area contributed by atoms with Crippen LogP contribution < -0.4 is 14.2 Å². The zero-order chi connectivity index (χ0) is 19.7. The third-order valence-electron chi connectivity index (χ3n) is 3.62. The van der Waals surface area contributed by atoms with Crippen LogP contribution in [0, 0.1) is 0 Å². The standard InChI is InChI=1S/C20H23NO5S/c1-3-4-14-27(23,24)26-18-12-10-16(15-19(18)25-2)11-13-20(22)21-17-8-6-5-7-9-17/h5-13,15H,3-4,14H2,1-2H3,(H,21,22)/b13-11+. The molecule has 27 heavy (non-hydrogen) atoms. The maximum atomic E-state index is 12.0. The molecule has 0 fully saturated rings. The number of ether oxygens (including phenoxy) is 1. The summed E-state index contributed by atoms with van der Waals surface area (Å²) in [6.45, 7) is 1.91. The molecule has 0 bridgehead atoms. The molecule has 0 aliphatic rings. The van der Waals surface area contributed by atoms with Crippen LogP contribution in [0.25, 0.3) is 6.08 Å². The van der Waals surface area contributed by atoms with Crippen molar-refractivity contribution in [2.75, 3.05) is 18.2 Å². The highest BCUT2D eigenvalue weighted by Gasteiger charge is 2.15. The lowest BCUT2D eigenvalue weighted by Crippen LogP contribution is -2.14. The molecule has 7 heteroatoms. The summed E-state index contributed by atoms with van der Waals surface area (Å²) in [5.74, 6) is 0.0800. The molecule has 0 heterocycles. The van der Waals surface area contributed by atoms with Gasteiger partial charge < -0.3 is 14.2 Å². The lowest BCUT2D eigenvalue weighted by molar-refractivity contribution is -0.111. The van der Waals surface area contributed by atoms with Gasteiger partial charge in [0.1, 0.15) is 0 Å². The fourth-order valence-corrected chi connectivity index (χ4v) is 3.37. The molecular weight excluding hydrogens is 366 g/mol. The molecule has 0 atom stereocenters. The first-order valence-electron chi connectivity index (χ1n) is 8.58. The number of hydrogen-bond donors (Lipinski definition) is 1. The third-order valence-corrected chi connectivity index (χ3v) is 4.84. The Balaban J connectivity index is 2.07. The van der Waals surface area contributed by atoms with Gasteiger partial charge in [-0.05, 0) is 42.3 Å². The Hall–Kier alpha value is -2.80. The van der Waals surface area contributed by atoms with Crippen molar-refractivity contribution < 1.29 is 22.1 Å². The van der Waals surface area contributed by atoms with E-state index < -0.39 is 10.1 Å². The van der Waals surface area contributed by atoms with E-state index in [0.717, 1.165) is 6.42 Å². The summed E-state index contributed by atoms with van der Waals surface area (Å²) in [5.41, 5.74) is 1.37. The predicted molar refractivity (Wildman–Crippen MR) is 106 cm³/mol. The minimum Gasteiger partial charge on any atom is -0.493 e. The van der Waals surface area contributed by atoms with Crippen molar-refractivity contribution in [3.8, 4) is 11.5 Å². The molecule has 0 saturated heterocycles. The summed E-state index contributed by atoms with van der Waals surface area (Å²) in [6, 6.07) is 13.9. The zero-order valence-electron chi connectivity index (χ0n) is 15.3. The monoisotopic (exact) mass is 389 g/mol. The number of benzene rings is 2. The molecule has 1 N–H and O–H groups in total. The number of carbonyl (C=O) groups excluding carboxylic acids is 1. The summed E-state index contributed by atoms with van der Waals surface area (Å²) in [6.07, 6.45) is 4.28. The maximum absolute atomic E-state index is 12.0. The van der Waals surface area contributed by atoms with E-state index >= 15 is 0 Å². The molecule has 6 nitrogen and oxygen atoms in total. The molecule has 0 saturated carbocycles. The van der Waals surface area contributed by atoms with Gasteiger partial charge >= 0.3 is 10.1 Å². The fraction of sp³-hybridized carbons (Fsp3) is 0.250. The highest BCUT2D eigenvalue weighted by molar-refractivity contribution is 7.87. The average Bonchev–Trinajstić information content (AvgIpc) is 2.66. The zero-order valence-corrected chi connectivity index (χ0v) is 16.2. The van der Waals surface area contributed by atoms with Gasteiger partial charge in [-0.15, -0.1) is 0 Å². The van der Waals surface area contributed by atoms with Crippen molar-refractivity contribution in [3.05, 3.63) is 60.2 Å². The van der Waals surface area contributed by atoms with Crippen LogP contribution in [0.5, 0.6) is 11.5 Å². The number of carbonyl (C=O) groups is 1. The van der Waals surface area contributed by atoms with Crippen molar-refractivity contribution in [2.24, 2.45) is 0 Å². The Morgan fingerprint density at radius 3 is 2.52 bits per heavy atom.